The van der Waals surface area contributed by atoms with Gasteiger partial charge in [-0.1, -0.05) is 12.1 Å². The molecule has 4 radical (unpaired) electrons. The molecule has 0 aliphatic heterocycles. The third kappa shape index (κ3) is 2.78. The van der Waals surface area contributed by atoms with E-state index in [1.54, 1.807) is 25.1 Å². The van der Waals surface area contributed by atoms with Gasteiger partial charge in [0.25, 0.3) is 0 Å². The minimum Gasteiger partial charge on any atom is -0.289 e. The summed E-state index contributed by atoms with van der Waals surface area (Å²) in [5.41, 5.74) is 0.106. The van der Waals surface area contributed by atoms with Crippen molar-refractivity contribution in [3.8, 4) is 0 Å². The highest BCUT2D eigenvalue weighted by molar-refractivity contribution is 6.11. The van der Waals surface area contributed by atoms with Crippen LogP contribution >= 0.6 is 0 Å². The summed E-state index contributed by atoms with van der Waals surface area (Å²) in [6, 6.07) is 7.68. The van der Waals surface area contributed by atoms with Crippen LogP contribution in [-0.4, -0.2) is 30.9 Å². The summed E-state index contributed by atoms with van der Waals surface area (Å²) in [5, 5.41) is 0. The summed E-state index contributed by atoms with van der Waals surface area (Å²) < 4.78 is 0. The fourth-order valence-electron chi connectivity index (χ4n) is 1.88. The van der Waals surface area contributed by atoms with Crippen LogP contribution in [0.3, 0.4) is 0 Å². The first-order chi connectivity index (χ1) is 10.6. The van der Waals surface area contributed by atoms with E-state index in [0.29, 0.717) is 0 Å². The van der Waals surface area contributed by atoms with E-state index in [9.17, 15) is 24.0 Å². The average Bonchev–Trinajstić information content (AvgIpc) is 2.59. The minimum atomic E-state index is -0.483. The van der Waals surface area contributed by atoms with E-state index in [-0.39, 0.29) is 33.4 Å². The Hall–Kier alpha value is -3.21. The molecule has 0 unspecified atom stereocenters. The van der Waals surface area contributed by atoms with Gasteiger partial charge < -0.3 is 0 Å². The van der Waals surface area contributed by atoms with Crippen molar-refractivity contribution in [2.45, 2.75) is 0 Å². The molecule has 5 nitrogen and oxygen atoms in total. The van der Waals surface area contributed by atoms with Crippen molar-refractivity contribution in [2.75, 3.05) is 0 Å². The first-order valence-electron chi connectivity index (χ1n) is 6.00. The van der Waals surface area contributed by atoms with Crippen molar-refractivity contribution in [2.24, 2.45) is 0 Å². The van der Waals surface area contributed by atoms with Crippen molar-refractivity contribution in [3.63, 3.8) is 0 Å². The molecule has 2 rings (SSSR count). The second-order valence-corrected chi connectivity index (χ2v) is 4.26. The maximum Gasteiger partial charge on any atom is 0.234 e. The van der Waals surface area contributed by atoms with Gasteiger partial charge in [0.05, 0.1) is 0 Å². The molecule has 0 saturated carbocycles. The molecule has 0 aliphatic rings. The number of ketones is 1. The van der Waals surface area contributed by atoms with Gasteiger partial charge in [-0.2, -0.15) is 0 Å². The number of hydrogen-bond acceptors (Lipinski definition) is 5. The van der Waals surface area contributed by atoms with Gasteiger partial charge in [-0.25, -0.2) is 0 Å². The second-order valence-electron chi connectivity index (χ2n) is 4.26. The Morgan fingerprint density at radius 1 is 0.591 bits per heavy atom. The Labute approximate surface area is 125 Å². The average molecular weight is 290 g/mol. The van der Waals surface area contributed by atoms with E-state index in [2.05, 4.69) is 0 Å². The van der Waals surface area contributed by atoms with Gasteiger partial charge in [-0.3, -0.25) is 24.0 Å². The molecule has 2 aromatic rings. The van der Waals surface area contributed by atoms with Crippen LogP contribution in [0.15, 0.2) is 36.4 Å². The smallest absolute Gasteiger partial charge is 0.234 e. The maximum absolute atomic E-state index is 12.3. The Kier molecular flexibility index (Phi) is 4.48. The summed E-state index contributed by atoms with van der Waals surface area (Å²) in [7, 11) is 0. The largest absolute Gasteiger partial charge is 0.289 e. The van der Waals surface area contributed by atoms with E-state index in [4.69, 9.17) is 0 Å². The molecule has 0 atom stereocenters. The lowest BCUT2D eigenvalue weighted by Crippen LogP contribution is -2.05. The van der Waals surface area contributed by atoms with Crippen molar-refractivity contribution in [3.05, 3.63) is 69.8 Å². The molecule has 0 bridgehead atoms. The zero-order chi connectivity index (χ0) is 16.1. The molecule has 0 fully saturated rings. The summed E-state index contributed by atoms with van der Waals surface area (Å²) in [6.45, 7) is 0. The highest BCUT2D eigenvalue weighted by Gasteiger charge is 2.14. The molecule has 0 saturated heterocycles. The standard InChI is InChI=1S/C17H6O5/c18-7-13-3-1-11(5-15(13)9-20)17(22)12-2-4-14(8-19)16(6-12)10-21/h1-6H. The molecule has 0 N–H and O–H groups in total. The van der Waals surface area contributed by atoms with Gasteiger partial charge in [0, 0.05) is 33.4 Å². The van der Waals surface area contributed by atoms with Crippen molar-refractivity contribution in [1.29, 1.82) is 0 Å². The molecule has 0 aliphatic carbocycles. The van der Waals surface area contributed by atoms with Crippen molar-refractivity contribution < 1.29 is 24.0 Å². The molecule has 0 aromatic heterocycles. The monoisotopic (exact) mass is 290 g/mol. The SMILES string of the molecule is O=[C]c1ccc(C(=O)c2ccc([C]=O)c([C]=O)c2)cc1[C]=O. The summed E-state index contributed by atoms with van der Waals surface area (Å²) in [6.07, 6.45) is 6.25. The zero-order valence-corrected chi connectivity index (χ0v) is 11.0. The summed E-state index contributed by atoms with van der Waals surface area (Å²) in [4.78, 5) is 55.1. The number of rotatable bonds is 6. The molecule has 104 valence electrons. The second kappa shape index (κ2) is 6.49. The van der Waals surface area contributed by atoms with Crippen LogP contribution in [-0.2, 0) is 19.2 Å². The Morgan fingerprint density at radius 2 is 0.955 bits per heavy atom. The molecular formula is C17H6O5. The number of hydrogen-bond donors (Lipinski definition) is 0. The van der Waals surface area contributed by atoms with Crippen LogP contribution in [0.2, 0.25) is 0 Å². The summed E-state index contributed by atoms with van der Waals surface area (Å²) in [5.74, 6) is -0.483. The lowest BCUT2D eigenvalue weighted by atomic mass is 9.96. The normalized spacial score (nSPS) is 9.82. The third-order valence-corrected chi connectivity index (χ3v) is 3.00. The van der Waals surface area contributed by atoms with Crippen LogP contribution in [0.25, 0.3) is 0 Å². The summed E-state index contributed by atoms with van der Waals surface area (Å²) >= 11 is 0. The topological polar surface area (TPSA) is 85.3 Å². The predicted molar refractivity (Wildman–Crippen MR) is 75.5 cm³/mol. The van der Waals surface area contributed by atoms with Crippen LogP contribution in [0, 0.1) is 0 Å². The van der Waals surface area contributed by atoms with Gasteiger partial charge in [-0.05, 0) is 24.3 Å². The lowest BCUT2D eigenvalue weighted by Gasteiger charge is -2.04. The molecule has 0 spiro atoms. The van der Waals surface area contributed by atoms with E-state index in [1.807, 2.05) is 0 Å². The van der Waals surface area contributed by atoms with Crippen molar-refractivity contribution in [1.82, 2.24) is 0 Å². The van der Waals surface area contributed by atoms with Crippen LogP contribution < -0.4 is 0 Å². The number of carbonyl (C=O) groups excluding carboxylic acids is 5. The van der Waals surface area contributed by atoms with Crippen LogP contribution in [0.1, 0.15) is 38.2 Å². The highest BCUT2D eigenvalue weighted by atomic mass is 16.1. The van der Waals surface area contributed by atoms with Crippen molar-refractivity contribution >= 4 is 30.9 Å². The fourth-order valence-corrected chi connectivity index (χ4v) is 1.88. The fraction of sp³-hybridized carbons (Fsp3) is 0. The third-order valence-electron chi connectivity index (χ3n) is 3.00. The first kappa shape index (κ1) is 15.2. The number of benzene rings is 2. The highest BCUT2D eigenvalue weighted by Crippen LogP contribution is 2.16. The van der Waals surface area contributed by atoms with Crippen LogP contribution in [0.4, 0.5) is 0 Å². The van der Waals surface area contributed by atoms with E-state index < -0.39 is 5.78 Å². The van der Waals surface area contributed by atoms with Gasteiger partial charge >= 0.3 is 0 Å². The minimum absolute atomic E-state index is 0.000586. The van der Waals surface area contributed by atoms with Gasteiger partial charge in [-0.15, -0.1) is 0 Å². The van der Waals surface area contributed by atoms with E-state index >= 15 is 0 Å². The quantitative estimate of drug-likeness (QED) is 0.733. The predicted octanol–water partition coefficient (Wildman–Crippen LogP) is 0.749. The van der Waals surface area contributed by atoms with Gasteiger partial charge in [0.2, 0.25) is 25.1 Å². The van der Waals surface area contributed by atoms with Gasteiger partial charge in [0.15, 0.2) is 5.78 Å². The maximum atomic E-state index is 12.3. The molecule has 22 heavy (non-hydrogen) atoms. The molecule has 0 heterocycles. The zero-order valence-electron chi connectivity index (χ0n) is 11.0. The first-order valence-corrected chi connectivity index (χ1v) is 6.00. The van der Waals surface area contributed by atoms with E-state index in [1.165, 1.54) is 36.4 Å². The molecule has 0 amide bonds. The Morgan fingerprint density at radius 3 is 1.27 bits per heavy atom. The Bertz CT molecular complexity index is 724. The molecular weight excluding hydrogens is 284 g/mol. The lowest BCUT2D eigenvalue weighted by molar-refractivity contribution is 0.103. The number of carbonyl (C=O) groups is 1. The Balaban J connectivity index is 2.48. The molecule has 2 aromatic carbocycles. The molecule has 5 heteroatoms. The van der Waals surface area contributed by atoms with E-state index in [0.717, 1.165) is 0 Å². The van der Waals surface area contributed by atoms with Gasteiger partial charge in [0.1, 0.15) is 0 Å². The van der Waals surface area contributed by atoms with Crippen LogP contribution in [0.5, 0.6) is 0 Å².